The van der Waals surface area contributed by atoms with Crippen molar-refractivity contribution in [3.63, 3.8) is 0 Å². The molecular formula is C15H12BrClN4O. The predicted molar refractivity (Wildman–Crippen MR) is 87.1 cm³/mol. The maximum Gasteiger partial charge on any atom is 0.274 e. The van der Waals surface area contributed by atoms with Gasteiger partial charge in [0.25, 0.3) is 5.91 Å². The minimum absolute atomic E-state index is 0.0524. The highest BCUT2D eigenvalue weighted by Gasteiger charge is 2.24. The maximum atomic E-state index is 12.7. The van der Waals surface area contributed by atoms with Gasteiger partial charge in [-0.3, -0.25) is 4.79 Å². The zero-order valence-corrected chi connectivity index (χ0v) is 13.9. The molecule has 1 aliphatic heterocycles. The number of aromatic nitrogens is 3. The van der Waals surface area contributed by atoms with Crippen LogP contribution in [0.15, 0.2) is 41.1 Å². The third-order valence-electron chi connectivity index (χ3n) is 3.89. The minimum atomic E-state index is -0.0524. The fraction of sp³-hybridized carbons (Fsp3) is 0.200. The van der Waals surface area contributed by atoms with Crippen molar-refractivity contribution in [2.24, 2.45) is 0 Å². The van der Waals surface area contributed by atoms with Crippen LogP contribution < -0.4 is 0 Å². The Morgan fingerprint density at radius 3 is 2.95 bits per heavy atom. The number of hydrogen-bond acceptors (Lipinski definition) is 2. The number of carbonyl (C=O) groups is 1. The normalized spacial score (nSPS) is 14.4. The van der Waals surface area contributed by atoms with Crippen molar-refractivity contribution in [3.05, 3.63) is 57.5 Å². The van der Waals surface area contributed by atoms with Gasteiger partial charge in [-0.1, -0.05) is 11.6 Å². The molecule has 0 fully saturated rings. The Hall–Kier alpha value is -1.79. The third-order valence-corrected chi connectivity index (χ3v) is 4.81. The van der Waals surface area contributed by atoms with Gasteiger partial charge in [-0.05, 0) is 46.3 Å². The lowest BCUT2D eigenvalue weighted by Gasteiger charge is -2.28. The minimum Gasteiger partial charge on any atom is -0.336 e. The number of rotatable bonds is 1. The molecule has 1 amide bonds. The van der Waals surface area contributed by atoms with Crippen molar-refractivity contribution in [1.29, 1.82) is 0 Å². The molecule has 0 atom stereocenters. The largest absolute Gasteiger partial charge is 0.336 e. The molecule has 0 saturated heterocycles. The SMILES string of the molecule is O=C(c1cc2ccc(Cl)cn2n1)N1CCn2c(Br)ccc2C1. The van der Waals surface area contributed by atoms with Crippen molar-refractivity contribution >= 4 is 39.0 Å². The second kappa shape index (κ2) is 5.14. The zero-order chi connectivity index (χ0) is 15.3. The van der Waals surface area contributed by atoms with E-state index in [0.717, 1.165) is 22.4 Å². The lowest BCUT2D eigenvalue weighted by atomic mass is 10.2. The molecule has 0 N–H and O–H groups in total. The van der Waals surface area contributed by atoms with Crippen molar-refractivity contribution in [2.75, 3.05) is 6.54 Å². The summed E-state index contributed by atoms with van der Waals surface area (Å²) in [5.41, 5.74) is 2.43. The van der Waals surface area contributed by atoms with Gasteiger partial charge in [-0.15, -0.1) is 0 Å². The van der Waals surface area contributed by atoms with Gasteiger partial charge in [-0.25, -0.2) is 4.52 Å². The number of amides is 1. The highest BCUT2D eigenvalue weighted by molar-refractivity contribution is 9.10. The summed E-state index contributed by atoms with van der Waals surface area (Å²) in [5.74, 6) is -0.0524. The number of hydrogen-bond donors (Lipinski definition) is 0. The molecule has 0 bridgehead atoms. The molecule has 4 heterocycles. The molecule has 112 valence electrons. The molecular weight excluding hydrogens is 368 g/mol. The summed E-state index contributed by atoms with van der Waals surface area (Å²) in [6.07, 6.45) is 1.70. The van der Waals surface area contributed by atoms with Crippen LogP contribution in [0.3, 0.4) is 0 Å². The molecule has 4 rings (SSSR count). The Labute approximate surface area is 140 Å². The highest BCUT2D eigenvalue weighted by atomic mass is 79.9. The van der Waals surface area contributed by atoms with Gasteiger partial charge in [-0.2, -0.15) is 5.10 Å². The molecule has 3 aromatic rings. The van der Waals surface area contributed by atoms with Crippen LogP contribution in [-0.2, 0) is 13.1 Å². The fourth-order valence-electron chi connectivity index (χ4n) is 2.77. The summed E-state index contributed by atoms with van der Waals surface area (Å²) in [7, 11) is 0. The standard InChI is InChI=1S/C15H12BrClN4O/c16-14-4-3-12-9-19(5-6-20(12)14)15(22)13-7-11-2-1-10(17)8-21(11)18-13/h1-4,7-8H,5-6,9H2. The van der Waals surface area contributed by atoms with Gasteiger partial charge in [0.05, 0.1) is 21.7 Å². The number of carbonyl (C=O) groups excluding carboxylic acids is 1. The van der Waals surface area contributed by atoms with Crippen LogP contribution in [0, 0.1) is 0 Å². The first-order valence-corrected chi connectivity index (χ1v) is 8.07. The van der Waals surface area contributed by atoms with Gasteiger partial charge < -0.3 is 9.47 Å². The highest BCUT2D eigenvalue weighted by Crippen LogP contribution is 2.22. The summed E-state index contributed by atoms with van der Waals surface area (Å²) in [5, 5.41) is 4.93. The van der Waals surface area contributed by atoms with E-state index in [1.165, 1.54) is 0 Å². The van der Waals surface area contributed by atoms with Crippen LogP contribution in [0.2, 0.25) is 5.02 Å². The van der Waals surface area contributed by atoms with E-state index in [4.69, 9.17) is 11.6 Å². The van der Waals surface area contributed by atoms with Crippen molar-refractivity contribution < 1.29 is 4.79 Å². The van der Waals surface area contributed by atoms with E-state index in [1.54, 1.807) is 22.8 Å². The summed E-state index contributed by atoms with van der Waals surface area (Å²) >= 11 is 9.47. The van der Waals surface area contributed by atoms with Crippen LogP contribution in [0.1, 0.15) is 16.2 Å². The Bertz CT molecular complexity index is 885. The summed E-state index contributed by atoms with van der Waals surface area (Å²) in [6.45, 7) is 2.06. The van der Waals surface area contributed by atoms with Crippen LogP contribution in [0.5, 0.6) is 0 Å². The quantitative estimate of drug-likeness (QED) is 0.651. The zero-order valence-electron chi connectivity index (χ0n) is 11.5. The first kappa shape index (κ1) is 13.8. The molecule has 0 aromatic carbocycles. The number of halogens is 2. The average molecular weight is 380 g/mol. The Morgan fingerprint density at radius 2 is 2.09 bits per heavy atom. The molecule has 0 aliphatic carbocycles. The van der Waals surface area contributed by atoms with Gasteiger partial charge in [0.15, 0.2) is 5.69 Å². The molecule has 3 aromatic heterocycles. The second-order valence-corrected chi connectivity index (χ2v) is 6.52. The molecule has 0 spiro atoms. The molecule has 0 radical (unpaired) electrons. The Kier molecular flexibility index (Phi) is 3.23. The number of pyridine rings is 1. The van der Waals surface area contributed by atoms with Crippen LogP contribution >= 0.6 is 27.5 Å². The molecule has 1 aliphatic rings. The van der Waals surface area contributed by atoms with E-state index in [-0.39, 0.29) is 5.91 Å². The molecule has 0 saturated carbocycles. The first-order valence-electron chi connectivity index (χ1n) is 6.90. The first-order chi connectivity index (χ1) is 10.6. The van der Waals surface area contributed by atoms with E-state index in [0.29, 0.717) is 23.8 Å². The van der Waals surface area contributed by atoms with Gasteiger partial charge in [0.1, 0.15) is 0 Å². The topological polar surface area (TPSA) is 42.5 Å². The van der Waals surface area contributed by atoms with E-state index in [1.807, 2.05) is 23.1 Å². The Balaban J connectivity index is 1.63. The molecule has 0 unspecified atom stereocenters. The molecule has 7 heteroatoms. The summed E-state index contributed by atoms with van der Waals surface area (Å²) in [6, 6.07) is 9.48. The lowest BCUT2D eigenvalue weighted by Crippen LogP contribution is -2.38. The van der Waals surface area contributed by atoms with E-state index in [9.17, 15) is 4.79 Å². The fourth-order valence-corrected chi connectivity index (χ4v) is 3.46. The van der Waals surface area contributed by atoms with Crippen molar-refractivity contribution in [1.82, 2.24) is 19.1 Å². The number of fused-ring (bicyclic) bond motifs is 2. The van der Waals surface area contributed by atoms with Crippen LogP contribution in [0.4, 0.5) is 0 Å². The van der Waals surface area contributed by atoms with Crippen LogP contribution in [0.25, 0.3) is 5.52 Å². The smallest absolute Gasteiger partial charge is 0.274 e. The predicted octanol–water partition coefficient (Wildman–Crippen LogP) is 3.21. The van der Waals surface area contributed by atoms with E-state index in [2.05, 4.69) is 25.6 Å². The van der Waals surface area contributed by atoms with Gasteiger partial charge in [0.2, 0.25) is 0 Å². The molecule has 5 nitrogen and oxygen atoms in total. The third kappa shape index (κ3) is 2.23. The Morgan fingerprint density at radius 1 is 1.23 bits per heavy atom. The second-order valence-electron chi connectivity index (χ2n) is 5.27. The monoisotopic (exact) mass is 378 g/mol. The number of nitrogens with zero attached hydrogens (tertiary/aromatic N) is 4. The van der Waals surface area contributed by atoms with Crippen molar-refractivity contribution in [2.45, 2.75) is 13.1 Å². The lowest BCUT2D eigenvalue weighted by molar-refractivity contribution is 0.0704. The van der Waals surface area contributed by atoms with Gasteiger partial charge >= 0.3 is 0 Å². The van der Waals surface area contributed by atoms with Crippen LogP contribution in [-0.4, -0.2) is 31.5 Å². The molecule has 22 heavy (non-hydrogen) atoms. The maximum absolute atomic E-state index is 12.7. The van der Waals surface area contributed by atoms with E-state index >= 15 is 0 Å². The summed E-state index contributed by atoms with van der Waals surface area (Å²) < 4.78 is 4.86. The van der Waals surface area contributed by atoms with E-state index < -0.39 is 0 Å². The van der Waals surface area contributed by atoms with Crippen molar-refractivity contribution in [3.8, 4) is 0 Å². The average Bonchev–Trinajstić information content (AvgIpc) is 3.09. The van der Waals surface area contributed by atoms with Gasteiger partial charge in [0, 0.05) is 25.0 Å². The summed E-state index contributed by atoms with van der Waals surface area (Å²) in [4.78, 5) is 14.5.